The van der Waals surface area contributed by atoms with Gasteiger partial charge in [0, 0.05) is 11.1 Å². The van der Waals surface area contributed by atoms with Crippen molar-refractivity contribution in [3.63, 3.8) is 0 Å². The number of benzene rings is 3. The molecule has 3 aromatic rings. The zero-order valence-corrected chi connectivity index (χ0v) is 21.2. The highest BCUT2D eigenvalue weighted by atomic mass is 32.2. The van der Waals surface area contributed by atoms with Crippen LogP contribution in [-0.4, -0.2) is 50.0 Å². The number of hydrogen-bond acceptors (Lipinski definition) is 4. The Labute approximate surface area is 218 Å². The minimum Gasteiger partial charge on any atom is -0.445 e. The van der Waals surface area contributed by atoms with Crippen LogP contribution in [0.5, 0.6) is 0 Å². The molecule has 1 aliphatic heterocycles. The van der Waals surface area contributed by atoms with Crippen molar-refractivity contribution in [3.8, 4) is 11.1 Å². The number of carbonyl (C=O) groups is 1. The number of nitrogens with one attached hydrogen (secondary N) is 1. The lowest BCUT2D eigenvalue weighted by Gasteiger charge is -2.28. The Morgan fingerprint density at radius 3 is 2.32 bits per heavy atom. The van der Waals surface area contributed by atoms with Gasteiger partial charge in [0.05, 0.1) is 24.4 Å². The van der Waals surface area contributed by atoms with Crippen molar-refractivity contribution in [2.75, 3.05) is 12.3 Å². The molecule has 0 unspecified atom stereocenters. The third kappa shape index (κ3) is 5.99. The fourth-order valence-electron chi connectivity index (χ4n) is 4.45. The van der Waals surface area contributed by atoms with Crippen LogP contribution in [0, 0.1) is 17.5 Å². The van der Waals surface area contributed by atoms with Gasteiger partial charge < -0.3 is 9.64 Å². The van der Waals surface area contributed by atoms with E-state index in [4.69, 9.17) is 4.74 Å². The van der Waals surface area contributed by atoms with Gasteiger partial charge in [-0.3, -0.25) is 0 Å². The fourth-order valence-corrected chi connectivity index (χ4v) is 5.33. The normalized spacial score (nSPS) is 19.5. The average molecular weight is 551 g/mol. The molecule has 38 heavy (non-hydrogen) atoms. The van der Waals surface area contributed by atoms with Gasteiger partial charge >= 0.3 is 6.09 Å². The van der Waals surface area contributed by atoms with Crippen LogP contribution in [0.1, 0.15) is 18.1 Å². The summed E-state index contributed by atoms with van der Waals surface area (Å²) in [5.74, 6) is -3.60. The molecule has 0 radical (unpaired) electrons. The van der Waals surface area contributed by atoms with E-state index in [9.17, 15) is 22.0 Å². The lowest BCUT2D eigenvalue weighted by molar-refractivity contribution is 0.0894. The minimum atomic E-state index is -3.89. The van der Waals surface area contributed by atoms with E-state index >= 15 is 8.78 Å². The maximum Gasteiger partial charge on any atom is 0.410 e. The van der Waals surface area contributed by atoms with Crippen LogP contribution >= 0.6 is 0 Å². The molecular weight excluding hydrogens is 524 g/mol. The number of rotatable bonds is 8. The number of carbonyl (C=O) groups excluding carboxylic acids is 1. The Morgan fingerprint density at radius 1 is 0.974 bits per heavy atom. The Hall–Kier alpha value is -3.44. The molecule has 0 aliphatic carbocycles. The van der Waals surface area contributed by atoms with Crippen LogP contribution in [0.2, 0.25) is 0 Å². The van der Waals surface area contributed by atoms with Gasteiger partial charge in [0.2, 0.25) is 10.0 Å². The molecule has 4 rings (SSSR count). The van der Waals surface area contributed by atoms with Gasteiger partial charge in [0.15, 0.2) is 11.6 Å². The van der Waals surface area contributed by atoms with Crippen LogP contribution in [0.3, 0.4) is 0 Å². The molecule has 0 bridgehead atoms. The van der Waals surface area contributed by atoms with Gasteiger partial charge in [-0.2, -0.15) is 0 Å². The fraction of sp³-hybridized carbons (Fsp3) is 0.296. The van der Waals surface area contributed by atoms with E-state index < -0.39 is 58.4 Å². The number of halogens is 4. The average Bonchev–Trinajstić information content (AvgIpc) is 3.20. The van der Waals surface area contributed by atoms with E-state index in [0.717, 1.165) is 11.0 Å². The summed E-state index contributed by atoms with van der Waals surface area (Å²) in [6.45, 7) is 0.797. The zero-order valence-electron chi connectivity index (χ0n) is 20.4. The van der Waals surface area contributed by atoms with E-state index in [1.165, 1.54) is 37.3 Å². The Bertz CT molecular complexity index is 1410. The highest BCUT2D eigenvalue weighted by Crippen LogP contribution is 2.32. The predicted molar refractivity (Wildman–Crippen MR) is 134 cm³/mol. The van der Waals surface area contributed by atoms with Crippen LogP contribution in [0.25, 0.3) is 11.1 Å². The number of ether oxygens (including phenoxy) is 1. The molecule has 0 aromatic heterocycles. The molecule has 1 amide bonds. The smallest absolute Gasteiger partial charge is 0.410 e. The zero-order chi connectivity index (χ0) is 27.4. The SMILES string of the molecule is CCS(=O)(=O)N[C@H]1[C@@H](F)CN(C(=O)OCc2ccccc2)[C@H]1Cc1cccc(-c2cccc(F)c2F)c1F. The molecule has 1 N–H and O–H groups in total. The molecule has 1 heterocycles. The van der Waals surface area contributed by atoms with E-state index in [-0.39, 0.29) is 35.5 Å². The van der Waals surface area contributed by atoms with Crippen LogP contribution in [-0.2, 0) is 27.8 Å². The second-order valence-corrected chi connectivity index (χ2v) is 10.9. The minimum absolute atomic E-state index is 0.0354. The predicted octanol–water partition coefficient (Wildman–Crippen LogP) is 4.98. The Kier molecular flexibility index (Phi) is 8.37. The molecule has 0 saturated carbocycles. The highest BCUT2D eigenvalue weighted by molar-refractivity contribution is 7.89. The second-order valence-electron chi connectivity index (χ2n) is 8.91. The molecule has 0 spiro atoms. The van der Waals surface area contributed by atoms with Crippen molar-refractivity contribution in [2.45, 2.75) is 38.2 Å². The van der Waals surface area contributed by atoms with Crippen molar-refractivity contribution >= 4 is 16.1 Å². The number of amides is 1. The molecule has 1 aliphatic rings. The quantitative estimate of drug-likeness (QED) is 0.402. The van der Waals surface area contributed by atoms with E-state index in [1.54, 1.807) is 30.3 Å². The number of nitrogens with zero attached hydrogens (tertiary/aromatic N) is 1. The van der Waals surface area contributed by atoms with Crippen molar-refractivity contribution in [2.24, 2.45) is 0 Å². The second kappa shape index (κ2) is 11.5. The van der Waals surface area contributed by atoms with Crippen molar-refractivity contribution in [1.29, 1.82) is 0 Å². The summed E-state index contributed by atoms with van der Waals surface area (Å²) < 4.78 is 91.2. The van der Waals surface area contributed by atoms with Gasteiger partial charge in [0.25, 0.3) is 0 Å². The van der Waals surface area contributed by atoms with Gasteiger partial charge in [0.1, 0.15) is 18.6 Å². The summed E-state index contributed by atoms with van der Waals surface area (Å²) in [6.07, 6.45) is -3.00. The topological polar surface area (TPSA) is 75.7 Å². The first-order valence-electron chi connectivity index (χ1n) is 11.9. The molecule has 6 nitrogen and oxygen atoms in total. The summed E-state index contributed by atoms with van der Waals surface area (Å²) in [6, 6.07) is 13.7. The lowest BCUT2D eigenvalue weighted by atomic mass is 9.95. The monoisotopic (exact) mass is 550 g/mol. The molecule has 3 aromatic carbocycles. The molecule has 1 saturated heterocycles. The first-order chi connectivity index (χ1) is 18.1. The standard InChI is InChI=1S/C27H26F4N2O4S/c1-2-38(35,36)32-26-22(29)15-33(27(34)37-16-17-8-4-3-5-9-17)23(26)14-18-10-6-11-19(24(18)30)20-12-7-13-21(28)25(20)31/h3-13,22-23,26,32H,2,14-16H2,1H3/t22-,23-,26-/m0/s1. The van der Waals surface area contributed by atoms with Crippen molar-refractivity contribution in [1.82, 2.24) is 9.62 Å². The number of alkyl halides is 1. The Morgan fingerprint density at radius 2 is 1.63 bits per heavy atom. The van der Waals surface area contributed by atoms with Gasteiger partial charge in [-0.25, -0.2) is 35.5 Å². The van der Waals surface area contributed by atoms with E-state index in [2.05, 4.69) is 4.72 Å². The largest absolute Gasteiger partial charge is 0.445 e. The number of sulfonamides is 1. The van der Waals surface area contributed by atoms with Crippen LogP contribution < -0.4 is 4.72 Å². The summed E-state index contributed by atoms with van der Waals surface area (Å²) in [4.78, 5) is 14.0. The molecular formula is C27H26F4N2O4S. The first kappa shape index (κ1) is 27.6. The maximum atomic E-state index is 15.6. The highest BCUT2D eigenvalue weighted by Gasteiger charge is 2.47. The van der Waals surface area contributed by atoms with Gasteiger partial charge in [-0.05, 0) is 30.5 Å². The summed E-state index contributed by atoms with van der Waals surface area (Å²) in [5, 5.41) is 0. The summed E-state index contributed by atoms with van der Waals surface area (Å²) in [7, 11) is -3.89. The van der Waals surface area contributed by atoms with Gasteiger partial charge in [-0.1, -0.05) is 60.7 Å². The molecule has 3 atom stereocenters. The van der Waals surface area contributed by atoms with E-state index in [1.807, 2.05) is 0 Å². The molecule has 1 fully saturated rings. The maximum absolute atomic E-state index is 15.6. The Balaban J connectivity index is 1.66. The third-order valence-electron chi connectivity index (χ3n) is 6.46. The number of hydrogen-bond donors (Lipinski definition) is 1. The van der Waals surface area contributed by atoms with Crippen LogP contribution in [0.15, 0.2) is 66.7 Å². The van der Waals surface area contributed by atoms with Crippen molar-refractivity contribution in [3.05, 3.63) is 95.3 Å². The summed E-state index contributed by atoms with van der Waals surface area (Å²) in [5.41, 5.74) is 0.124. The van der Waals surface area contributed by atoms with Gasteiger partial charge in [-0.15, -0.1) is 0 Å². The van der Waals surface area contributed by atoms with Crippen LogP contribution in [0.4, 0.5) is 22.4 Å². The lowest BCUT2D eigenvalue weighted by Crippen LogP contribution is -2.50. The number of likely N-dealkylation sites (tertiary alicyclic amines) is 1. The first-order valence-corrected chi connectivity index (χ1v) is 13.6. The molecule has 202 valence electrons. The molecule has 11 heteroatoms. The summed E-state index contributed by atoms with van der Waals surface area (Å²) >= 11 is 0. The van der Waals surface area contributed by atoms with Crippen molar-refractivity contribution < 1.29 is 35.5 Å². The van der Waals surface area contributed by atoms with E-state index in [0.29, 0.717) is 5.56 Å². The third-order valence-corrected chi connectivity index (χ3v) is 7.85.